The third kappa shape index (κ3) is 3.29. The van der Waals surface area contributed by atoms with Crippen molar-refractivity contribution < 1.29 is 9.90 Å². The molecule has 0 aromatic heterocycles. The maximum absolute atomic E-state index is 12.9. The van der Waals surface area contributed by atoms with Crippen LogP contribution in [0.3, 0.4) is 0 Å². The number of anilines is 1. The van der Waals surface area contributed by atoms with Crippen molar-refractivity contribution in [3.8, 4) is 5.75 Å². The Hall–Kier alpha value is -2.33. The molecule has 2 aromatic rings. The molecule has 24 heavy (non-hydrogen) atoms. The molecule has 4 heteroatoms. The predicted molar refractivity (Wildman–Crippen MR) is 96.1 cm³/mol. The number of fused-ring (bicyclic) bond motifs is 1. The average Bonchev–Trinajstić information content (AvgIpc) is 2.53. The lowest BCUT2D eigenvalue weighted by atomic mass is 9.92. The van der Waals surface area contributed by atoms with E-state index < -0.39 is 0 Å². The van der Waals surface area contributed by atoms with Gasteiger partial charge in [0.05, 0.1) is 0 Å². The monoisotopic (exact) mass is 324 g/mol. The van der Waals surface area contributed by atoms with Gasteiger partial charge in [0, 0.05) is 24.7 Å². The average molecular weight is 324 g/mol. The molecule has 2 atom stereocenters. The van der Waals surface area contributed by atoms with Gasteiger partial charge in [0.1, 0.15) is 5.75 Å². The van der Waals surface area contributed by atoms with Gasteiger partial charge >= 0.3 is 0 Å². The molecule has 2 unspecified atom stereocenters. The summed E-state index contributed by atoms with van der Waals surface area (Å²) in [5, 5.41) is 9.53. The van der Waals surface area contributed by atoms with Crippen molar-refractivity contribution in [1.29, 1.82) is 0 Å². The van der Waals surface area contributed by atoms with Gasteiger partial charge in [-0.15, -0.1) is 0 Å². The number of aromatic hydroxyl groups is 1. The highest BCUT2D eigenvalue weighted by Crippen LogP contribution is 2.31. The quantitative estimate of drug-likeness (QED) is 0.910. The molecule has 0 spiro atoms. The molecule has 4 nitrogen and oxygen atoms in total. The first-order valence-electron chi connectivity index (χ1n) is 8.39. The van der Waals surface area contributed by atoms with Gasteiger partial charge in [-0.25, -0.2) is 0 Å². The Morgan fingerprint density at radius 2 is 2.08 bits per heavy atom. The lowest BCUT2D eigenvalue weighted by molar-refractivity contribution is -0.119. The summed E-state index contributed by atoms with van der Waals surface area (Å²) in [7, 11) is 0. The van der Waals surface area contributed by atoms with Crippen molar-refractivity contribution >= 4 is 11.6 Å². The fourth-order valence-corrected chi connectivity index (χ4v) is 3.52. The second kappa shape index (κ2) is 6.65. The zero-order chi connectivity index (χ0) is 17.3. The van der Waals surface area contributed by atoms with Crippen LogP contribution in [0.25, 0.3) is 0 Å². The molecule has 1 aliphatic heterocycles. The smallest absolute Gasteiger partial charge is 0.228 e. The SMILES string of the molecule is Cc1cc(O)ccc1C(N)CC(=O)N1CC(C)Cc2ccccc21. The molecule has 0 fully saturated rings. The van der Waals surface area contributed by atoms with Crippen LogP contribution >= 0.6 is 0 Å². The minimum atomic E-state index is -0.373. The van der Waals surface area contributed by atoms with Crippen LogP contribution in [-0.2, 0) is 11.2 Å². The Morgan fingerprint density at radius 1 is 1.33 bits per heavy atom. The van der Waals surface area contributed by atoms with E-state index in [0.717, 1.165) is 29.8 Å². The zero-order valence-corrected chi connectivity index (χ0v) is 14.2. The van der Waals surface area contributed by atoms with Crippen molar-refractivity contribution in [3.63, 3.8) is 0 Å². The molecule has 3 N–H and O–H groups in total. The number of para-hydroxylation sites is 1. The maximum Gasteiger partial charge on any atom is 0.228 e. The molecule has 126 valence electrons. The summed E-state index contributed by atoms with van der Waals surface area (Å²) in [4.78, 5) is 14.7. The minimum absolute atomic E-state index is 0.0500. The highest BCUT2D eigenvalue weighted by atomic mass is 16.3. The van der Waals surface area contributed by atoms with Gasteiger partial charge in [0.2, 0.25) is 5.91 Å². The van der Waals surface area contributed by atoms with E-state index in [4.69, 9.17) is 5.73 Å². The minimum Gasteiger partial charge on any atom is -0.508 e. The van der Waals surface area contributed by atoms with Gasteiger partial charge < -0.3 is 15.7 Å². The first-order valence-corrected chi connectivity index (χ1v) is 8.39. The molecule has 0 radical (unpaired) electrons. The van der Waals surface area contributed by atoms with E-state index in [9.17, 15) is 9.90 Å². The summed E-state index contributed by atoms with van der Waals surface area (Å²) in [6.45, 7) is 4.80. The molecule has 0 saturated heterocycles. The lowest BCUT2D eigenvalue weighted by Crippen LogP contribution is -2.40. The standard InChI is InChI=1S/C20H24N2O2/c1-13-9-15-5-3-4-6-19(15)22(12-13)20(24)11-18(21)17-8-7-16(23)10-14(17)2/h3-8,10,13,18,23H,9,11-12,21H2,1-2H3. The van der Waals surface area contributed by atoms with Gasteiger partial charge in [-0.2, -0.15) is 0 Å². The number of phenolic OH excluding ortho intramolecular Hbond substituents is 1. The first-order chi connectivity index (χ1) is 11.5. The topological polar surface area (TPSA) is 66.6 Å². The van der Waals surface area contributed by atoms with Gasteiger partial charge in [-0.1, -0.05) is 31.2 Å². The number of aryl methyl sites for hydroxylation is 1. The lowest BCUT2D eigenvalue weighted by Gasteiger charge is -2.34. The number of amides is 1. The summed E-state index contributed by atoms with van der Waals surface area (Å²) in [6, 6.07) is 12.8. The van der Waals surface area contributed by atoms with Crippen molar-refractivity contribution in [2.45, 2.75) is 32.7 Å². The van der Waals surface area contributed by atoms with Crippen LogP contribution < -0.4 is 10.6 Å². The molecule has 2 aromatic carbocycles. The molecule has 0 saturated carbocycles. The second-order valence-electron chi connectivity index (χ2n) is 6.79. The molecule has 0 aliphatic carbocycles. The van der Waals surface area contributed by atoms with Gasteiger partial charge in [0.25, 0.3) is 0 Å². The van der Waals surface area contributed by atoms with E-state index in [1.165, 1.54) is 5.56 Å². The third-order valence-corrected chi connectivity index (χ3v) is 4.69. The summed E-state index contributed by atoms with van der Waals surface area (Å²) in [6.07, 6.45) is 1.26. The Morgan fingerprint density at radius 3 is 2.83 bits per heavy atom. The Balaban J connectivity index is 1.80. The van der Waals surface area contributed by atoms with Gasteiger partial charge in [-0.05, 0) is 54.2 Å². The van der Waals surface area contributed by atoms with E-state index >= 15 is 0 Å². The summed E-state index contributed by atoms with van der Waals surface area (Å²) in [5.74, 6) is 0.706. The van der Waals surface area contributed by atoms with Crippen LogP contribution in [0.4, 0.5) is 5.69 Å². The van der Waals surface area contributed by atoms with Crippen LogP contribution in [0.5, 0.6) is 5.75 Å². The Kier molecular flexibility index (Phi) is 4.58. The fraction of sp³-hybridized carbons (Fsp3) is 0.350. The molecule has 3 rings (SSSR count). The maximum atomic E-state index is 12.9. The number of carbonyl (C=O) groups excluding carboxylic acids is 1. The second-order valence-corrected chi connectivity index (χ2v) is 6.79. The van der Waals surface area contributed by atoms with Crippen molar-refractivity contribution in [2.75, 3.05) is 11.4 Å². The van der Waals surface area contributed by atoms with Crippen LogP contribution in [0.15, 0.2) is 42.5 Å². The Bertz CT molecular complexity index is 757. The van der Waals surface area contributed by atoms with Crippen molar-refractivity contribution in [1.82, 2.24) is 0 Å². The largest absolute Gasteiger partial charge is 0.508 e. The number of rotatable bonds is 3. The van der Waals surface area contributed by atoms with Crippen LogP contribution in [0, 0.1) is 12.8 Å². The number of phenols is 1. The van der Waals surface area contributed by atoms with E-state index in [1.807, 2.05) is 30.0 Å². The molecular formula is C20H24N2O2. The van der Waals surface area contributed by atoms with E-state index in [2.05, 4.69) is 13.0 Å². The predicted octanol–water partition coefficient (Wildman–Crippen LogP) is 3.32. The molecule has 1 heterocycles. The number of nitrogens with zero attached hydrogens (tertiary/aromatic N) is 1. The molecule has 1 amide bonds. The van der Waals surface area contributed by atoms with Crippen LogP contribution in [0.1, 0.15) is 36.1 Å². The Labute approximate surface area is 142 Å². The number of hydrogen-bond acceptors (Lipinski definition) is 3. The summed E-state index contributed by atoms with van der Waals surface area (Å²) in [5.41, 5.74) is 10.3. The third-order valence-electron chi connectivity index (χ3n) is 4.69. The number of benzene rings is 2. The molecule has 0 bridgehead atoms. The fourth-order valence-electron chi connectivity index (χ4n) is 3.52. The van der Waals surface area contributed by atoms with Crippen LogP contribution in [0.2, 0.25) is 0 Å². The van der Waals surface area contributed by atoms with Crippen molar-refractivity contribution in [2.24, 2.45) is 11.7 Å². The summed E-state index contributed by atoms with van der Waals surface area (Å²) >= 11 is 0. The molecule has 1 aliphatic rings. The van der Waals surface area contributed by atoms with Crippen LogP contribution in [-0.4, -0.2) is 17.6 Å². The molecular weight excluding hydrogens is 300 g/mol. The van der Waals surface area contributed by atoms with E-state index in [0.29, 0.717) is 5.92 Å². The summed E-state index contributed by atoms with van der Waals surface area (Å²) < 4.78 is 0. The van der Waals surface area contributed by atoms with Gasteiger partial charge in [-0.3, -0.25) is 4.79 Å². The number of hydrogen-bond donors (Lipinski definition) is 2. The zero-order valence-electron chi connectivity index (χ0n) is 14.2. The number of nitrogens with two attached hydrogens (primary N) is 1. The normalized spacial score (nSPS) is 18.1. The highest BCUT2D eigenvalue weighted by molar-refractivity contribution is 5.95. The van der Waals surface area contributed by atoms with Gasteiger partial charge in [0.15, 0.2) is 0 Å². The number of carbonyl (C=O) groups is 1. The first kappa shape index (κ1) is 16.5. The van der Waals surface area contributed by atoms with E-state index in [1.54, 1.807) is 18.2 Å². The highest BCUT2D eigenvalue weighted by Gasteiger charge is 2.27. The van der Waals surface area contributed by atoms with Crippen molar-refractivity contribution in [3.05, 3.63) is 59.2 Å². The van der Waals surface area contributed by atoms with E-state index in [-0.39, 0.29) is 24.1 Å².